The number of benzene rings is 3. The predicted molar refractivity (Wildman–Crippen MR) is 136 cm³/mol. The third kappa shape index (κ3) is 6.02. The van der Waals surface area contributed by atoms with E-state index in [9.17, 15) is 19.7 Å². The van der Waals surface area contributed by atoms with Gasteiger partial charge in [-0.25, -0.2) is 5.43 Å². The lowest BCUT2D eigenvalue weighted by Crippen LogP contribution is -2.22. The third-order valence-corrected chi connectivity index (χ3v) is 5.39. The van der Waals surface area contributed by atoms with Crippen LogP contribution in [-0.4, -0.2) is 23.0 Å². The monoisotopic (exact) mass is 502 g/mol. The molecule has 9 nitrogen and oxygen atoms in total. The van der Waals surface area contributed by atoms with E-state index in [2.05, 4.69) is 15.8 Å². The maximum atomic E-state index is 12.7. The van der Waals surface area contributed by atoms with Gasteiger partial charge >= 0.3 is 0 Å². The van der Waals surface area contributed by atoms with E-state index in [-0.39, 0.29) is 34.4 Å². The van der Waals surface area contributed by atoms with Crippen molar-refractivity contribution in [2.45, 2.75) is 6.42 Å². The van der Waals surface area contributed by atoms with E-state index in [0.29, 0.717) is 17.0 Å². The Bertz CT molecular complexity index is 1450. The van der Waals surface area contributed by atoms with Crippen molar-refractivity contribution in [3.8, 4) is 11.3 Å². The number of halogens is 1. The fraction of sp³-hybridized carbons (Fsp3) is 0.0385. The molecule has 2 amide bonds. The van der Waals surface area contributed by atoms with E-state index in [0.717, 1.165) is 5.56 Å². The van der Waals surface area contributed by atoms with Gasteiger partial charge in [0, 0.05) is 17.7 Å². The van der Waals surface area contributed by atoms with Crippen LogP contribution in [-0.2, 0) is 11.2 Å². The van der Waals surface area contributed by atoms with Crippen LogP contribution in [0.2, 0.25) is 5.02 Å². The van der Waals surface area contributed by atoms with Gasteiger partial charge in [-0.3, -0.25) is 19.7 Å². The second-order valence-corrected chi connectivity index (χ2v) is 7.99. The summed E-state index contributed by atoms with van der Waals surface area (Å²) in [5, 5.41) is 18.0. The number of rotatable bonds is 8. The lowest BCUT2D eigenvalue weighted by atomic mass is 10.1. The first-order chi connectivity index (χ1) is 17.4. The number of nitrogens with zero attached hydrogens (tertiary/aromatic N) is 2. The average Bonchev–Trinajstić information content (AvgIpc) is 3.33. The number of carbonyl (C=O) groups is 2. The third-order valence-electron chi connectivity index (χ3n) is 5.06. The van der Waals surface area contributed by atoms with Crippen molar-refractivity contribution in [2.24, 2.45) is 5.10 Å². The van der Waals surface area contributed by atoms with Gasteiger partial charge in [0.1, 0.15) is 11.5 Å². The zero-order valence-electron chi connectivity index (χ0n) is 18.7. The van der Waals surface area contributed by atoms with Crippen molar-refractivity contribution in [2.75, 3.05) is 5.32 Å². The van der Waals surface area contributed by atoms with Crippen LogP contribution in [0.4, 0.5) is 11.4 Å². The molecule has 0 radical (unpaired) electrons. The minimum Gasteiger partial charge on any atom is -0.455 e. The van der Waals surface area contributed by atoms with Crippen molar-refractivity contribution in [1.29, 1.82) is 0 Å². The zero-order chi connectivity index (χ0) is 25.5. The number of nitro groups is 1. The maximum Gasteiger partial charge on any atom is 0.273 e. The van der Waals surface area contributed by atoms with E-state index < -0.39 is 10.8 Å². The minimum absolute atomic E-state index is 0.122. The van der Waals surface area contributed by atoms with Crippen molar-refractivity contribution < 1.29 is 18.9 Å². The summed E-state index contributed by atoms with van der Waals surface area (Å²) in [6, 6.07) is 23.0. The molecule has 0 saturated heterocycles. The van der Waals surface area contributed by atoms with Crippen LogP contribution < -0.4 is 10.7 Å². The van der Waals surface area contributed by atoms with Crippen molar-refractivity contribution in [1.82, 2.24) is 5.43 Å². The van der Waals surface area contributed by atoms with Crippen LogP contribution >= 0.6 is 11.6 Å². The predicted octanol–water partition coefficient (Wildman–Crippen LogP) is 5.45. The molecule has 0 saturated carbocycles. The Labute approximate surface area is 210 Å². The Kier molecular flexibility index (Phi) is 7.52. The zero-order valence-corrected chi connectivity index (χ0v) is 19.4. The van der Waals surface area contributed by atoms with Crippen LogP contribution in [0.15, 0.2) is 94.4 Å². The molecule has 1 aromatic heterocycles. The fourth-order valence-electron chi connectivity index (χ4n) is 3.36. The van der Waals surface area contributed by atoms with Gasteiger partial charge in [-0.2, -0.15) is 5.10 Å². The maximum absolute atomic E-state index is 12.7. The van der Waals surface area contributed by atoms with Gasteiger partial charge in [-0.1, -0.05) is 54.1 Å². The minimum atomic E-state index is -0.532. The smallest absolute Gasteiger partial charge is 0.273 e. The van der Waals surface area contributed by atoms with Crippen LogP contribution in [0.1, 0.15) is 21.7 Å². The molecule has 0 fully saturated rings. The largest absolute Gasteiger partial charge is 0.455 e. The van der Waals surface area contributed by atoms with E-state index in [1.54, 1.807) is 36.4 Å². The number of furan rings is 1. The lowest BCUT2D eigenvalue weighted by Gasteiger charge is -2.10. The average molecular weight is 503 g/mol. The molecular formula is C26H19ClN4O5. The van der Waals surface area contributed by atoms with Crippen molar-refractivity contribution in [3.05, 3.63) is 117 Å². The Morgan fingerprint density at radius 2 is 1.75 bits per heavy atom. The number of carbonyl (C=O) groups excluding carboxylic acids is 2. The molecule has 0 bridgehead atoms. The number of amides is 2. The first-order valence-corrected chi connectivity index (χ1v) is 11.1. The van der Waals surface area contributed by atoms with Gasteiger partial charge < -0.3 is 9.73 Å². The van der Waals surface area contributed by atoms with Crippen LogP contribution in [0.25, 0.3) is 11.3 Å². The molecule has 3 aromatic carbocycles. The summed E-state index contributed by atoms with van der Waals surface area (Å²) in [4.78, 5) is 35.6. The molecule has 0 atom stereocenters. The number of hydrazone groups is 1. The van der Waals surface area contributed by atoms with E-state index >= 15 is 0 Å². The van der Waals surface area contributed by atoms with Crippen LogP contribution in [0.3, 0.4) is 0 Å². The highest BCUT2D eigenvalue weighted by Gasteiger charge is 2.15. The van der Waals surface area contributed by atoms with Gasteiger partial charge in [-0.05, 0) is 35.9 Å². The first-order valence-electron chi connectivity index (χ1n) is 10.7. The molecule has 1 heterocycles. The van der Waals surface area contributed by atoms with E-state index in [1.165, 1.54) is 24.4 Å². The quantitative estimate of drug-likeness (QED) is 0.188. The number of hydrogen-bond acceptors (Lipinski definition) is 6. The molecule has 0 aliphatic heterocycles. The highest BCUT2D eigenvalue weighted by atomic mass is 35.5. The van der Waals surface area contributed by atoms with Crippen LogP contribution in [0.5, 0.6) is 0 Å². The molecule has 0 unspecified atom stereocenters. The number of anilines is 1. The number of nitrogens with one attached hydrogen (secondary N) is 2. The van der Waals surface area contributed by atoms with E-state index in [1.807, 2.05) is 30.3 Å². The Balaban J connectivity index is 1.41. The Morgan fingerprint density at radius 1 is 1.00 bits per heavy atom. The second kappa shape index (κ2) is 11.1. The molecule has 4 aromatic rings. The molecule has 4 rings (SSSR count). The SMILES string of the molecule is O=C(Cc1ccccc1)Nc1ccccc1C(=O)N/N=C/c1ccc(-c2cc([N+](=O)[O-])ccc2Cl)o1. The topological polar surface area (TPSA) is 127 Å². The summed E-state index contributed by atoms with van der Waals surface area (Å²) in [6.07, 6.45) is 1.45. The molecule has 0 spiro atoms. The molecule has 0 aliphatic rings. The molecule has 36 heavy (non-hydrogen) atoms. The first kappa shape index (κ1) is 24.4. The van der Waals surface area contributed by atoms with E-state index in [4.69, 9.17) is 16.0 Å². The van der Waals surface area contributed by atoms with Gasteiger partial charge in [0.15, 0.2) is 0 Å². The fourth-order valence-corrected chi connectivity index (χ4v) is 3.57. The summed E-state index contributed by atoms with van der Waals surface area (Å²) in [5.74, 6) is -0.191. The highest BCUT2D eigenvalue weighted by molar-refractivity contribution is 6.33. The molecule has 10 heteroatoms. The molecule has 0 aliphatic carbocycles. The summed E-state index contributed by atoms with van der Waals surface area (Å²) < 4.78 is 5.64. The van der Waals surface area contributed by atoms with Gasteiger partial charge in [0.25, 0.3) is 11.6 Å². The Hall–Kier alpha value is -4.76. The number of para-hydroxylation sites is 1. The second-order valence-electron chi connectivity index (χ2n) is 7.58. The van der Waals surface area contributed by atoms with Crippen molar-refractivity contribution in [3.63, 3.8) is 0 Å². The normalized spacial score (nSPS) is 10.8. The van der Waals surface area contributed by atoms with Crippen LogP contribution in [0, 0.1) is 10.1 Å². The lowest BCUT2D eigenvalue weighted by molar-refractivity contribution is -0.384. The molecule has 180 valence electrons. The van der Waals surface area contributed by atoms with Gasteiger partial charge in [0.2, 0.25) is 5.91 Å². The summed E-state index contributed by atoms with van der Waals surface area (Å²) in [7, 11) is 0. The number of nitro benzene ring substituents is 1. The summed E-state index contributed by atoms with van der Waals surface area (Å²) in [6.45, 7) is 0. The van der Waals surface area contributed by atoms with Gasteiger partial charge in [-0.15, -0.1) is 0 Å². The number of hydrogen-bond donors (Lipinski definition) is 2. The summed E-state index contributed by atoms with van der Waals surface area (Å²) >= 11 is 6.15. The Morgan fingerprint density at radius 3 is 2.53 bits per heavy atom. The van der Waals surface area contributed by atoms with Gasteiger partial charge in [0.05, 0.1) is 33.8 Å². The molecular weight excluding hydrogens is 484 g/mol. The molecule has 2 N–H and O–H groups in total. The summed E-state index contributed by atoms with van der Waals surface area (Å²) in [5.41, 5.74) is 4.07. The standard InChI is InChI=1S/C26H19ClN4O5/c27-22-12-10-18(31(34)35)15-21(22)24-13-11-19(36-24)16-28-30-26(33)20-8-4-5-9-23(20)29-25(32)14-17-6-2-1-3-7-17/h1-13,15-16H,14H2,(H,29,32)(H,30,33)/b28-16+. The number of non-ortho nitro benzene ring substituents is 1. The highest BCUT2D eigenvalue weighted by Crippen LogP contribution is 2.32. The van der Waals surface area contributed by atoms with Crippen molar-refractivity contribution >= 4 is 41.0 Å².